The number of hydrogen-bond acceptors (Lipinski definition) is 1. The van der Waals surface area contributed by atoms with E-state index in [0.29, 0.717) is 16.6 Å². The lowest BCUT2D eigenvalue weighted by Gasteiger charge is -2.05. The Kier molecular flexibility index (Phi) is 4.46. The van der Waals surface area contributed by atoms with Gasteiger partial charge in [-0.05, 0) is 24.3 Å². The lowest BCUT2D eigenvalue weighted by atomic mass is 9.92. The number of halogens is 3. The van der Waals surface area contributed by atoms with E-state index in [-0.39, 0.29) is 5.78 Å². The van der Waals surface area contributed by atoms with Crippen molar-refractivity contribution in [3.8, 4) is 0 Å². The van der Waals surface area contributed by atoms with E-state index >= 15 is 0 Å². The van der Waals surface area contributed by atoms with Crippen LogP contribution in [-0.4, -0.2) is 13.6 Å². The van der Waals surface area contributed by atoms with Crippen LogP contribution >= 0.6 is 47.8 Å². The summed E-state index contributed by atoms with van der Waals surface area (Å²) in [5.74, 6) is -0.0648. The molecule has 18 heavy (non-hydrogen) atoms. The Morgan fingerprint density at radius 1 is 0.778 bits per heavy atom. The summed E-state index contributed by atoms with van der Waals surface area (Å²) in [6.07, 6.45) is 0. The lowest BCUT2D eigenvalue weighted by molar-refractivity contribution is 0.103. The van der Waals surface area contributed by atoms with Crippen LogP contribution in [0.25, 0.3) is 0 Å². The number of hydrogen-bond donors (Lipinski definition) is 0. The largest absolute Gasteiger partial charge is 0.289 e. The summed E-state index contributed by atoms with van der Waals surface area (Å²) in [4.78, 5) is 12.3. The first kappa shape index (κ1) is 14.0. The quantitative estimate of drug-likeness (QED) is 0.522. The van der Waals surface area contributed by atoms with Crippen LogP contribution in [0.4, 0.5) is 0 Å². The zero-order valence-electron chi connectivity index (χ0n) is 9.08. The van der Waals surface area contributed by atoms with Gasteiger partial charge in [0.25, 0.3) is 0 Å². The molecule has 0 spiro atoms. The van der Waals surface area contributed by atoms with E-state index in [1.54, 1.807) is 30.3 Å². The highest BCUT2D eigenvalue weighted by Crippen LogP contribution is 2.22. The second-order valence-electron chi connectivity index (χ2n) is 3.76. The molecular weight excluding hydrogens is 423 g/mol. The van der Waals surface area contributed by atoms with Crippen molar-refractivity contribution < 1.29 is 4.79 Å². The molecule has 2 rings (SSSR count). The van der Waals surface area contributed by atoms with Gasteiger partial charge in [-0.15, -0.1) is 0 Å². The average molecular weight is 429 g/mol. The van der Waals surface area contributed by atoms with Crippen molar-refractivity contribution in [3.63, 3.8) is 0 Å². The van der Waals surface area contributed by atoms with Gasteiger partial charge in [-0.1, -0.05) is 65.4 Å². The van der Waals surface area contributed by atoms with Gasteiger partial charge in [0.05, 0.1) is 0 Å². The molecule has 0 atom stereocenters. The van der Waals surface area contributed by atoms with E-state index in [0.717, 1.165) is 13.4 Å². The van der Waals surface area contributed by atoms with Crippen molar-refractivity contribution in [3.05, 3.63) is 60.9 Å². The Labute approximate surface area is 132 Å². The van der Waals surface area contributed by atoms with Crippen LogP contribution in [0.3, 0.4) is 0 Å². The van der Waals surface area contributed by atoms with Crippen LogP contribution in [0.2, 0.25) is 0 Å². The fourth-order valence-corrected chi connectivity index (χ4v) is 3.40. The molecule has 0 fully saturated rings. The maximum Gasteiger partial charge on any atom is 0.193 e. The molecule has 0 saturated heterocycles. The minimum atomic E-state index is -0.0648. The van der Waals surface area contributed by atoms with Gasteiger partial charge in [-0.25, -0.2) is 0 Å². The Morgan fingerprint density at radius 2 is 1.22 bits per heavy atom. The van der Waals surface area contributed by atoms with Gasteiger partial charge in [0.2, 0.25) is 0 Å². The van der Waals surface area contributed by atoms with Crippen LogP contribution in [0.5, 0.6) is 0 Å². The number of carbonyl (C=O) groups excluding carboxylic acids is 1. The van der Waals surface area contributed by atoms with Gasteiger partial charge < -0.3 is 0 Å². The molecule has 0 aliphatic heterocycles. The summed E-state index contributed by atoms with van der Waals surface area (Å²) in [6.45, 7) is 0. The van der Waals surface area contributed by atoms with Crippen LogP contribution in [0.15, 0.2) is 49.8 Å². The first-order chi connectivity index (χ1) is 8.45. The molecular formula is C13H6BBr3O. The molecule has 5 heteroatoms. The molecule has 2 aromatic rings. The van der Waals surface area contributed by atoms with E-state index in [4.69, 9.17) is 7.85 Å². The highest BCUT2D eigenvalue weighted by molar-refractivity contribution is 9.11. The normalized spacial score (nSPS) is 10.4. The summed E-state index contributed by atoms with van der Waals surface area (Å²) >= 11 is 10.1. The third-order valence-corrected chi connectivity index (χ3v) is 3.68. The lowest BCUT2D eigenvalue weighted by Crippen LogP contribution is -2.08. The minimum Gasteiger partial charge on any atom is -0.289 e. The van der Waals surface area contributed by atoms with E-state index in [9.17, 15) is 4.79 Å². The maximum atomic E-state index is 12.3. The van der Waals surface area contributed by atoms with Crippen LogP contribution in [0, 0.1) is 0 Å². The molecule has 0 heterocycles. The number of rotatable bonds is 2. The molecule has 2 radical (unpaired) electrons. The second kappa shape index (κ2) is 5.72. The zero-order chi connectivity index (χ0) is 13.3. The molecule has 0 N–H and O–H groups in total. The van der Waals surface area contributed by atoms with Gasteiger partial charge >= 0.3 is 0 Å². The van der Waals surface area contributed by atoms with Crippen LogP contribution < -0.4 is 5.46 Å². The summed E-state index contributed by atoms with van der Waals surface area (Å²) in [6, 6.07) is 10.6. The molecule has 1 nitrogen and oxygen atoms in total. The SMILES string of the molecule is [B]c1cc(Br)cc(C(=O)c2cc(Br)cc(Br)c2)c1. The Hall–Kier alpha value is -0.385. The Balaban J connectivity index is 2.47. The summed E-state index contributed by atoms with van der Waals surface area (Å²) in [5, 5.41) is 0. The monoisotopic (exact) mass is 426 g/mol. The fraction of sp³-hybridized carbons (Fsp3) is 0. The van der Waals surface area contributed by atoms with Gasteiger partial charge in [-0.3, -0.25) is 4.79 Å². The third kappa shape index (κ3) is 3.34. The highest BCUT2D eigenvalue weighted by atomic mass is 79.9. The summed E-state index contributed by atoms with van der Waals surface area (Å²) < 4.78 is 2.49. The van der Waals surface area contributed by atoms with Gasteiger partial charge in [-0.2, -0.15) is 0 Å². The zero-order valence-corrected chi connectivity index (χ0v) is 13.8. The van der Waals surface area contributed by atoms with Crippen molar-refractivity contribution in [2.24, 2.45) is 0 Å². The van der Waals surface area contributed by atoms with Crippen molar-refractivity contribution in [1.29, 1.82) is 0 Å². The van der Waals surface area contributed by atoms with Crippen molar-refractivity contribution in [2.45, 2.75) is 0 Å². The molecule has 0 unspecified atom stereocenters. The Bertz CT molecular complexity index is 532. The van der Waals surface area contributed by atoms with Gasteiger partial charge in [0.1, 0.15) is 7.85 Å². The van der Waals surface area contributed by atoms with Gasteiger partial charge in [0.15, 0.2) is 5.78 Å². The summed E-state index contributed by atoms with van der Waals surface area (Å²) in [5.41, 5.74) is 1.72. The molecule has 2 aromatic carbocycles. The molecule has 0 saturated carbocycles. The maximum absolute atomic E-state index is 12.3. The molecule has 88 valence electrons. The molecule has 0 aliphatic rings. The number of benzene rings is 2. The molecule has 0 amide bonds. The number of carbonyl (C=O) groups is 1. The molecule has 0 bridgehead atoms. The Morgan fingerprint density at radius 3 is 1.72 bits per heavy atom. The van der Waals surface area contributed by atoms with Crippen molar-refractivity contribution in [1.82, 2.24) is 0 Å². The van der Waals surface area contributed by atoms with E-state index in [1.165, 1.54) is 0 Å². The summed E-state index contributed by atoms with van der Waals surface area (Å²) in [7, 11) is 5.73. The number of ketones is 1. The average Bonchev–Trinajstić information content (AvgIpc) is 2.25. The smallest absolute Gasteiger partial charge is 0.193 e. The van der Waals surface area contributed by atoms with Crippen molar-refractivity contribution >= 4 is 66.9 Å². The third-order valence-electron chi connectivity index (χ3n) is 2.31. The predicted octanol–water partition coefficient (Wildman–Crippen LogP) is 4.00. The van der Waals surface area contributed by atoms with Gasteiger partial charge in [0, 0.05) is 24.5 Å². The van der Waals surface area contributed by atoms with E-state index < -0.39 is 0 Å². The topological polar surface area (TPSA) is 17.1 Å². The van der Waals surface area contributed by atoms with Crippen LogP contribution in [0.1, 0.15) is 15.9 Å². The minimum absolute atomic E-state index is 0.0648. The van der Waals surface area contributed by atoms with Crippen molar-refractivity contribution in [2.75, 3.05) is 0 Å². The first-order valence-electron chi connectivity index (χ1n) is 5.02. The fourth-order valence-electron chi connectivity index (χ4n) is 1.60. The van der Waals surface area contributed by atoms with E-state index in [2.05, 4.69) is 47.8 Å². The second-order valence-corrected chi connectivity index (χ2v) is 6.51. The molecule has 0 aliphatic carbocycles. The standard InChI is InChI=1S/C13H6BBr3O/c14-9-1-7(2-10(15)5-9)13(18)8-3-11(16)6-12(17)4-8/h1-6H. The van der Waals surface area contributed by atoms with E-state index in [1.807, 2.05) is 6.07 Å². The van der Waals surface area contributed by atoms with Crippen LogP contribution in [-0.2, 0) is 0 Å². The molecule has 0 aromatic heterocycles. The predicted molar refractivity (Wildman–Crippen MR) is 84.8 cm³/mol. The first-order valence-corrected chi connectivity index (χ1v) is 7.40. The highest BCUT2D eigenvalue weighted by Gasteiger charge is 2.11.